The van der Waals surface area contributed by atoms with Crippen molar-refractivity contribution >= 4 is 11.1 Å². The van der Waals surface area contributed by atoms with Crippen LogP contribution in [-0.4, -0.2) is 0 Å². The van der Waals surface area contributed by atoms with Gasteiger partial charge in [0, 0.05) is 0 Å². The van der Waals surface area contributed by atoms with E-state index in [1.165, 1.54) is 50.1 Å². The van der Waals surface area contributed by atoms with Crippen molar-refractivity contribution in [1.82, 2.24) is 0 Å². The number of rotatable bonds is 2. The van der Waals surface area contributed by atoms with Crippen LogP contribution in [0.1, 0.15) is 37.9 Å². The second-order valence-electron chi connectivity index (χ2n) is 7.16. The molecule has 0 saturated heterocycles. The Morgan fingerprint density at radius 1 is 0.821 bits per heavy atom. The van der Waals surface area contributed by atoms with Gasteiger partial charge in [0.05, 0.1) is 0 Å². The molecule has 0 fully saturated rings. The van der Waals surface area contributed by atoms with E-state index < -0.39 is 0 Å². The number of halogens is 2. The van der Waals surface area contributed by atoms with Crippen molar-refractivity contribution in [3.05, 3.63) is 107 Å². The summed E-state index contributed by atoms with van der Waals surface area (Å²) in [5.41, 5.74) is 12.8. The average molecular weight is 482 g/mol. The smallest absolute Gasteiger partial charge is 1.00 e. The first-order valence-corrected chi connectivity index (χ1v) is 10.6. The van der Waals surface area contributed by atoms with Crippen LogP contribution in [0.25, 0.3) is 22.3 Å². The van der Waals surface area contributed by atoms with Gasteiger partial charge in [0.1, 0.15) is 0 Å². The molecule has 28 heavy (non-hydrogen) atoms. The quantitative estimate of drug-likeness (QED) is 0.500. The van der Waals surface area contributed by atoms with Gasteiger partial charge in [-0.15, -0.1) is 0 Å². The maximum absolute atomic E-state index is 2.38. The molecule has 0 spiro atoms. The number of aryl methyl sites for hydroxylation is 1. The van der Waals surface area contributed by atoms with Crippen LogP contribution in [-0.2, 0) is 24.7 Å². The molecule has 3 heteroatoms. The van der Waals surface area contributed by atoms with Crippen molar-refractivity contribution < 1.29 is 49.5 Å². The molecule has 0 N–H and O–H groups in total. The Hall–Kier alpha value is -1.40. The molecule has 137 valence electrons. The molecule has 1 atom stereocenters. The summed E-state index contributed by atoms with van der Waals surface area (Å²) in [5.74, 6) is 0. The fraction of sp³-hybridized carbons (Fsp3) is 0.120. The third-order valence-corrected chi connectivity index (χ3v) is 7.07. The van der Waals surface area contributed by atoms with Crippen LogP contribution < -0.4 is 24.8 Å². The minimum Gasteiger partial charge on any atom is -1.00 e. The standard InChI is InChI=1S/C25H19.2ClH.Zr/c1-17-13-14-19-16-20-9-5-12-23(25(20)24(19)15-17)22-11-6-10-21(22)18-7-3-2-4-8-18;;;/h2-10,12-16H,11H2,1H3;2*1H;/q;;;+2/p-2. The minimum atomic E-state index is 0. The molecule has 0 radical (unpaired) electrons. The first-order valence-electron chi connectivity index (χ1n) is 9.14. The molecule has 0 saturated carbocycles. The molecule has 0 aliphatic heterocycles. The minimum absolute atomic E-state index is 0. The van der Waals surface area contributed by atoms with Crippen LogP contribution >= 0.6 is 0 Å². The number of hydrogen-bond donors (Lipinski definition) is 0. The molecule has 5 rings (SSSR count). The fourth-order valence-corrected chi connectivity index (χ4v) is 5.53. The van der Waals surface area contributed by atoms with E-state index in [1.807, 2.05) is 0 Å². The van der Waals surface area contributed by atoms with Crippen molar-refractivity contribution in [3.63, 3.8) is 0 Å². The van der Waals surface area contributed by atoms with Crippen molar-refractivity contribution in [2.45, 2.75) is 17.0 Å². The summed E-state index contributed by atoms with van der Waals surface area (Å²) < 4.78 is 0.558. The second kappa shape index (κ2) is 8.54. The zero-order chi connectivity index (χ0) is 17.7. The zero-order valence-corrected chi connectivity index (χ0v) is 19.5. The van der Waals surface area contributed by atoms with Crippen molar-refractivity contribution in [1.29, 1.82) is 0 Å². The summed E-state index contributed by atoms with van der Waals surface area (Å²) in [5, 5.41) is 0. The summed E-state index contributed by atoms with van der Waals surface area (Å²) in [7, 11) is 0. The molecular formula is C25H19Cl2Zr. The Morgan fingerprint density at radius 3 is 2.39 bits per heavy atom. The van der Waals surface area contributed by atoms with Crippen LogP contribution in [0, 0.1) is 6.92 Å². The van der Waals surface area contributed by atoms with E-state index in [-0.39, 0.29) is 24.8 Å². The Balaban J connectivity index is 0.00000112. The monoisotopic (exact) mass is 479 g/mol. The Bertz CT molecular complexity index is 1080. The third-order valence-electron chi connectivity index (χ3n) is 5.54. The molecule has 1 unspecified atom stereocenters. The molecule has 0 bridgehead atoms. The average Bonchev–Trinajstić information content (AvgIpc) is 3.26. The van der Waals surface area contributed by atoms with E-state index in [9.17, 15) is 0 Å². The van der Waals surface area contributed by atoms with Gasteiger partial charge in [-0.1, -0.05) is 0 Å². The molecule has 0 amide bonds. The predicted molar refractivity (Wildman–Crippen MR) is 105 cm³/mol. The van der Waals surface area contributed by atoms with Gasteiger partial charge >= 0.3 is 171 Å². The molecule has 3 aromatic rings. The summed E-state index contributed by atoms with van der Waals surface area (Å²) >= 11 is 1.57. The molecular weight excluding hydrogens is 462 g/mol. The number of allylic oxidation sites excluding steroid dienone is 4. The summed E-state index contributed by atoms with van der Waals surface area (Å²) in [6.45, 7) is 2.20. The number of fused-ring (bicyclic) bond motifs is 3. The van der Waals surface area contributed by atoms with Crippen molar-refractivity contribution in [2.75, 3.05) is 0 Å². The predicted octanol–water partition coefficient (Wildman–Crippen LogP) is 0.490. The van der Waals surface area contributed by atoms with Crippen molar-refractivity contribution in [3.8, 4) is 11.1 Å². The van der Waals surface area contributed by atoms with E-state index in [0.29, 0.717) is 3.63 Å². The molecule has 2 aliphatic carbocycles. The Kier molecular flexibility index (Phi) is 6.50. The van der Waals surface area contributed by atoms with Gasteiger partial charge in [-0.2, -0.15) is 0 Å². The fourth-order valence-electron chi connectivity index (χ4n) is 4.32. The largest absolute Gasteiger partial charge is 1.00 e. The normalized spacial score (nSPS) is 16.3. The van der Waals surface area contributed by atoms with E-state index in [1.54, 1.807) is 24.7 Å². The van der Waals surface area contributed by atoms with Gasteiger partial charge in [-0.25, -0.2) is 0 Å². The van der Waals surface area contributed by atoms with Gasteiger partial charge in [-0.3, -0.25) is 0 Å². The zero-order valence-electron chi connectivity index (χ0n) is 15.5. The Morgan fingerprint density at radius 2 is 1.61 bits per heavy atom. The van der Waals surface area contributed by atoms with Gasteiger partial charge in [0.15, 0.2) is 0 Å². The van der Waals surface area contributed by atoms with Gasteiger partial charge in [0.25, 0.3) is 0 Å². The topological polar surface area (TPSA) is 0 Å². The van der Waals surface area contributed by atoms with E-state index in [0.717, 1.165) is 6.42 Å². The summed E-state index contributed by atoms with van der Waals surface area (Å²) in [6, 6.07) is 24.7. The third kappa shape index (κ3) is 3.39. The van der Waals surface area contributed by atoms with Gasteiger partial charge in [-0.05, 0) is 0 Å². The summed E-state index contributed by atoms with van der Waals surface area (Å²) in [4.78, 5) is 0. The first-order chi connectivity index (χ1) is 12.7. The molecule has 0 nitrogen and oxygen atoms in total. The van der Waals surface area contributed by atoms with Crippen LogP contribution in [0.15, 0.2) is 78.9 Å². The number of benzene rings is 3. The maximum atomic E-state index is 2.38. The van der Waals surface area contributed by atoms with E-state index in [4.69, 9.17) is 0 Å². The molecule has 2 aliphatic rings. The van der Waals surface area contributed by atoms with Crippen LogP contribution in [0.4, 0.5) is 0 Å². The van der Waals surface area contributed by atoms with Crippen LogP contribution in [0.2, 0.25) is 0 Å². The SMILES string of the molecule is Cc1ccc2c(c1)-c1c(C3=C(c4ccccc4)C=CC3)cccc1[CH]2[Zr+2].[Cl-].[Cl-]. The molecule has 0 heterocycles. The van der Waals surface area contributed by atoms with Gasteiger partial charge in [0.2, 0.25) is 0 Å². The molecule has 0 aromatic heterocycles. The van der Waals surface area contributed by atoms with Crippen molar-refractivity contribution in [2.24, 2.45) is 0 Å². The van der Waals surface area contributed by atoms with Gasteiger partial charge < -0.3 is 24.8 Å². The summed E-state index contributed by atoms with van der Waals surface area (Å²) in [6.07, 6.45) is 5.62. The number of hydrogen-bond acceptors (Lipinski definition) is 0. The van der Waals surface area contributed by atoms with Crippen LogP contribution in [0.3, 0.4) is 0 Å². The van der Waals surface area contributed by atoms with E-state index >= 15 is 0 Å². The second-order valence-corrected chi connectivity index (χ2v) is 8.58. The Labute approximate surface area is 194 Å². The maximum Gasteiger partial charge on any atom is -1.00 e. The van der Waals surface area contributed by atoms with E-state index in [2.05, 4.69) is 85.8 Å². The van der Waals surface area contributed by atoms with Crippen LogP contribution in [0.5, 0.6) is 0 Å². The molecule has 3 aromatic carbocycles. The first kappa shape index (κ1) is 21.3.